The van der Waals surface area contributed by atoms with Gasteiger partial charge in [0.1, 0.15) is 5.75 Å². The average molecular weight is 298 g/mol. The van der Waals surface area contributed by atoms with E-state index >= 15 is 0 Å². The minimum absolute atomic E-state index is 0. The van der Waals surface area contributed by atoms with Crippen LogP contribution in [-0.4, -0.2) is 43.6 Å². The number of nitrogens with one attached hydrogen (secondary N) is 1. The molecule has 0 radical (unpaired) electrons. The standard InChI is InChI=1S/C15H22N2O2.ClH/c1-13-6-2-3-7-14(13)19-12-15(18)16-8-11-17-9-4-5-10-17;/h2-3,6-7H,4-5,8-12H2,1H3,(H,16,18);1H/p-1. The quantitative estimate of drug-likeness (QED) is 0.701. The fourth-order valence-corrected chi connectivity index (χ4v) is 2.27. The summed E-state index contributed by atoms with van der Waals surface area (Å²) in [5.41, 5.74) is 1.05. The molecule has 1 fully saturated rings. The van der Waals surface area contributed by atoms with E-state index in [0.717, 1.165) is 30.9 Å². The molecular weight excluding hydrogens is 276 g/mol. The minimum atomic E-state index is -0.0533. The summed E-state index contributed by atoms with van der Waals surface area (Å²) in [7, 11) is 0. The average Bonchev–Trinajstić information content (AvgIpc) is 2.91. The predicted molar refractivity (Wildman–Crippen MR) is 75.4 cm³/mol. The first kappa shape index (κ1) is 16.8. The highest BCUT2D eigenvalue weighted by Crippen LogP contribution is 2.15. The van der Waals surface area contributed by atoms with Gasteiger partial charge in [-0.3, -0.25) is 4.79 Å². The summed E-state index contributed by atoms with van der Waals surface area (Å²) in [5, 5.41) is 2.89. The lowest BCUT2D eigenvalue weighted by Gasteiger charge is -2.15. The van der Waals surface area contributed by atoms with Gasteiger partial charge in [0, 0.05) is 13.1 Å². The molecule has 1 amide bonds. The summed E-state index contributed by atoms with van der Waals surface area (Å²) < 4.78 is 5.50. The third-order valence-corrected chi connectivity index (χ3v) is 3.40. The molecule has 5 heteroatoms. The lowest BCUT2D eigenvalue weighted by Crippen LogP contribution is -3.00. The van der Waals surface area contributed by atoms with Crippen LogP contribution < -0.4 is 22.5 Å². The molecule has 1 aliphatic rings. The Morgan fingerprint density at radius 3 is 2.70 bits per heavy atom. The first-order valence-electron chi connectivity index (χ1n) is 6.93. The number of carbonyl (C=O) groups excluding carboxylic acids is 1. The van der Waals surface area contributed by atoms with Gasteiger partial charge in [0.2, 0.25) is 0 Å². The van der Waals surface area contributed by atoms with Gasteiger partial charge in [0.05, 0.1) is 0 Å². The highest BCUT2D eigenvalue weighted by Gasteiger charge is 2.11. The van der Waals surface area contributed by atoms with Gasteiger partial charge in [-0.05, 0) is 44.5 Å². The molecule has 0 aliphatic carbocycles. The van der Waals surface area contributed by atoms with Gasteiger partial charge in [-0.25, -0.2) is 0 Å². The maximum atomic E-state index is 11.6. The van der Waals surface area contributed by atoms with E-state index in [0.29, 0.717) is 6.54 Å². The third kappa shape index (κ3) is 5.39. The summed E-state index contributed by atoms with van der Waals surface area (Å²) in [5.74, 6) is 0.722. The zero-order valence-corrected chi connectivity index (χ0v) is 12.7. The molecule has 1 N–H and O–H groups in total. The van der Waals surface area contributed by atoms with Crippen LogP contribution in [-0.2, 0) is 4.79 Å². The van der Waals surface area contributed by atoms with Gasteiger partial charge in [0.25, 0.3) is 5.91 Å². The van der Waals surface area contributed by atoms with Crippen molar-refractivity contribution in [2.24, 2.45) is 0 Å². The van der Waals surface area contributed by atoms with Crippen molar-refractivity contribution in [2.45, 2.75) is 19.8 Å². The monoisotopic (exact) mass is 297 g/mol. The minimum Gasteiger partial charge on any atom is -1.00 e. The number of aryl methyl sites for hydroxylation is 1. The zero-order chi connectivity index (χ0) is 13.5. The molecule has 20 heavy (non-hydrogen) atoms. The molecule has 1 aromatic rings. The van der Waals surface area contributed by atoms with E-state index in [1.54, 1.807) is 0 Å². The number of hydrogen-bond acceptors (Lipinski definition) is 3. The number of para-hydroxylation sites is 1. The van der Waals surface area contributed by atoms with Crippen LogP contribution in [0.4, 0.5) is 0 Å². The van der Waals surface area contributed by atoms with Crippen molar-refractivity contribution in [2.75, 3.05) is 32.8 Å². The number of hydrogen-bond donors (Lipinski definition) is 1. The first-order chi connectivity index (χ1) is 9.25. The highest BCUT2D eigenvalue weighted by atomic mass is 35.5. The molecule has 0 aromatic heterocycles. The summed E-state index contributed by atoms with van der Waals surface area (Å²) in [6.07, 6.45) is 2.56. The second-order valence-electron chi connectivity index (χ2n) is 4.95. The van der Waals surface area contributed by atoms with Crippen LogP contribution in [0.1, 0.15) is 18.4 Å². The maximum absolute atomic E-state index is 11.6. The van der Waals surface area contributed by atoms with Gasteiger partial charge in [-0.15, -0.1) is 0 Å². The number of halogens is 1. The molecule has 0 unspecified atom stereocenters. The zero-order valence-electron chi connectivity index (χ0n) is 11.9. The Labute approximate surface area is 126 Å². The van der Waals surface area contributed by atoms with Gasteiger partial charge >= 0.3 is 0 Å². The van der Waals surface area contributed by atoms with Crippen molar-refractivity contribution in [3.05, 3.63) is 29.8 Å². The number of nitrogens with zero attached hydrogens (tertiary/aromatic N) is 1. The van der Waals surface area contributed by atoms with Crippen LogP contribution in [0.3, 0.4) is 0 Å². The number of ether oxygens (including phenoxy) is 1. The van der Waals surface area contributed by atoms with E-state index < -0.39 is 0 Å². The molecular formula is C15H22ClN2O2-. The van der Waals surface area contributed by atoms with Crippen LogP contribution in [0.2, 0.25) is 0 Å². The summed E-state index contributed by atoms with van der Waals surface area (Å²) in [4.78, 5) is 14.0. The SMILES string of the molecule is Cc1ccccc1OCC(=O)NCCN1CCCC1.[Cl-]. The van der Waals surface area contributed by atoms with E-state index in [-0.39, 0.29) is 24.9 Å². The van der Waals surface area contributed by atoms with Crippen LogP contribution in [0.25, 0.3) is 0 Å². The van der Waals surface area contributed by atoms with E-state index in [9.17, 15) is 4.79 Å². The lowest BCUT2D eigenvalue weighted by atomic mass is 10.2. The molecule has 4 nitrogen and oxygen atoms in total. The molecule has 2 rings (SSSR count). The van der Waals surface area contributed by atoms with Gasteiger partial charge < -0.3 is 27.4 Å². The van der Waals surface area contributed by atoms with Crippen molar-refractivity contribution in [3.8, 4) is 5.75 Å². The maximum Gasteiger partial charge on any atom is 0.257 e. The number of amides is 1. The van der Waals surface area contributed by atoms with Crippen molar-refractivity contribution < 1.29 is 21.9 Å². The van der Waals surface area contributed by atoms with Crippen molar-refractivity contribution in [1.29, 1.82) is 0 Å². The van der Waals surface area contributed by atoms with Crippen LogP contribution in [0.5, 0.6) is 5.75 Å². The number of carbonyl (C=O) groups is 1. The molecule has 0 saturated carbocycles. The van der Waals surface area contributed by atoms with Crippen molar-refractivity contribution >= 4 is 5.91 Å². The summed E-state index contributed by atoms with van der Waals surface area (Å²) in [6.45, 7) is 6.03. The fraction of sp³-hybridized carbons (Fsp3) is 0.533. The summed E-state index contributed by atoms with van der Waals surface area (Å²) in [6, 6.07) is 7.72. The van der Waals surface area contributed by atoms with Gasteiger partial charge in [0.15, 0.2) is 6.61 Å². The second-order valence-corrected chi connectivity index (χ2v) is 4.95. The first-order valence-corrected chi connectivity index (χ1v) is 6.93. The topological polar surface area (TPSA) is 41.6 Å². The Bertz CT molecular complexity index is 420. The number of rotatable bonds is 6. The second kappa shape index (κ2) is 8.82. The third-order valence-electron chi connectivity index (χ3n) is 3.40. The molecule has 1 aromatic carbocycles. The fourth-order valence-electron chi connectivity index (χ4n) is 2.27. The largest absolute Gasteiger partial charge is 1.00 e. The summed E-state index contributed by atoms with van der Waals surface area (Å²) >= 11 is 0. The molecule has 1 heterocycles. The van der Waals surface area contributed by atoms with E-state index in [4.69, 9.17) is 4.74 Å². The number of benzene rings is 1. The van der Waals surface area contributed by atoms with Gasteiger partial charge in [-0.1, -0.05) is 18.2 Å². The highest BCUT2D eigenvalue weighted by molar-refractivity contribution is 5.77. The van der Waals surface area contributed by atoms with E-state index in [2.05, 4.69) is 10.2 Å². The van der Waals surface area contributed by atoms with Crippen molar-refractivity contribution in [3.63, 3.8) is 0 Å². The van der Waals surface area contributed by atoms with Crippen LogP contribution in [0, 0.1) is 6.92 Å². The molecule has 1 aliphatic heterocycles. The predicted octanol–water partition coefficient (Wildman–Crippen LogP) is -1.41. The Morgan fingerprint density at radius 2 is 2.00 bits per heavy atom. The Morgan fingerprint density at radius 1 is 1.30 bits per heavy atom. The van der Waals surface area contributed by atoms with Crippen LogP contribution >= 0.6 is 0 Å². The van der Waals surface area contributed by atoms with Crippen LogP contribution in [0.15, 0.2) is 24.3 Å². The normalized spacial score (nSPS) is 14.7. The Balaban J connectivity index is 0.00000200. The lowest BCUT2D eigenvalue weighted by molar-refractivity contribution is -0.123. The smallest absolute Gasteiger partial charge is 0.257 e. The molecule has 0 atom stereocenters. The van der Waals surface area contributed by atoms with E-state index in [1.165, 1.54) is 12.8 Å². The molecule has 1 saturated heterocycles. The Kier molecular flexibility index (Phi) is 7.41. The van der Waals surface area contributed by atoms with Crippen molar-refractivity contribution in [1.82, 2.24) is 10.2 Å². The van der Waals surface area contributed by atoms with Gasteiger partial charge in [-0.2, -0.15) is 0 Å². The van der Waals surface area contributed by atoms with E-state index in [1.807, 2.05) is 31.2 Å². The Hall–Kier alpha value is -1.26. The number of likely N-dealkylation sites (tertiary alicyclic amines) is 1. The molecule has 0 spiro atoms. The molecule has 0 bridgehead atoms. The molecule has 112 valence electrons.